The molecule has 18 heavy (non-hydrogen) atoms. The van der Waals surface area contributed by atoms with Crippen molar-refractivity contribution >= 4 is 0 Å². The molecule has 3 nitrogen and oxygen atoms in total. The number of ether oxygens (including phenoxy) is 1. The van der Waals surface area contributed by atoms with Crippen LogP contribution in [0.15, 0.2) is 22.8 Å². The monoisotopic (exact) mass is 265 g/mol. The fourth-order valence-corrected chi connectivity index (χ4v) is 1.53. The van der Waals surface area contributed by atoms with Crippen LogP contribution in [0.4, 0.5) is 13.2 Å². The van der Waals surface area contributed by atoms with Gasteiger partial charge in [-0.25, -0.2) is 0 Å². The lowest BCUT2D eigenvalue weighted by molar-refractivity contribution is -0.175. The molecule has 0 aliphatic heterocycles. The molecule has 0 radical (unpaired) electrons. The van der Waals surface area contributed by atoms with Gasteiger partial charge in [0.05, 0.1) is 12.9 Å². The molecule has 0 aromatic carbocycles. The van der Waals surface area contributed by atoms with Gasteiger partial charge in [-0.15, -0.1) is 0 Å². The largest absolute Gasteiger partial charge is 0.469 e. The summed E-state index contributed by atoms with van der Waals surface area (Å²) >= 11 is 0. The summed E-state index contributed by atoms with van der Waals surface area (Å²) in [6.07, 6.45) is -1.30. The number of furan rings is 1. The van der Waals surface area contributed by atoms with Gasteiger partial charge in [0.15, 0.2) is 0 Å². The zero-order valence-electron chi connectivity index (χ0n) is 10.3. The Morgan fingerprint density at radius 3 is 2.78 bits per heavy atom. The molecule has 104 valence electrons. The molecular weight excluding hydrogens is 247 g/mol. The Morgan fingerprint density at radius 2 is 2.22 bits per heavy atom. The quantitative estimate of drug-likeness (QED) is 0.785. The Hall–Kier alpha value is -1.01. The van der Waals surface area contributed by atoms with E-state index in [1.807, 2.05) is 6.92 Å². The second-order valence-corrected chi connectivity index (χ2v) is 4.06. The van der Waals surface area contributed by atoms with Crippen molar-refractivity contribution in [2.24, 2.45) is 0 Å². The average Bonchev–Trinajstić information content (AvgIpc) is 2.76. The second-order valence-electron chi connectivity index (χ2n) is 4.06. The highest BCUT2D eigenvalue weighted by molar-refractivity contribution is 5.00. The summed E-state index contributed by atoms with van der Waals surface area (Å²) in [5.41, 5.74) is 0. The molecule has 0 saturated heterocycles. The van der Waals surface area contributed by atoms with Gasteiger partial charge in [-0.05, 0) is 25.1 Å². The Bertz CT molecular complexity index is 312. The predicted octanol–water partition coefficient (Wildman–Crippen LogP) is 2.77. The Labute approximate surface area is 104 Å². The highest BCUT2D eigenvalue weighted by Crippen LogP contribution is 2.15. The van der Waals surface area contributed by atoms with Crippen molar-refractivity contribution in [3.63, 3.8) is 0 Å². The van der Waals surface area contributed by atoms with Crippen LogP contribution in [0.2, 0.25) is 0 Å². The first-order chi connectivity index (χ1) is 8.51. The first-order valence-corrected chi connectivity index (χ1v) is 5.91. The third-order valence-electron chi connectivity index (χ3n) is 2.30. The van der Waals surface area contributed by atoms with Crippen molar-refractivity contribution in [3.8, 4) is 0 Å². The van der Waals surface area contributed by atoms with Crippen LogP contribution in [-0.2, 0) is 11.2 Å². The van der Waals surface area contributed by atoms with Gasteiger partial charge >= 0.3 is 6.18 Å². The van der Waals surface area contributed by atoms with Gasteiger partial charge in [-0.1, -0.05) is 6.92 Å². The number of halogens is 3. The zero-order chi connectivity index (χ0) is 13.4. The smallest absolute Gasteiger partial charge is 0.411 e. The summed E-state index contributed by atoms with van der Waals surface area (Å²) in [6, 6.07) is 3.38. The van der Waals surface area contributed by atoms with Gasteiger partial charge < -0.3 is 14.5 Å². The maximum Gasteiger partial charge on any atom is 0.411 e. The van der Waals surface area contributed by atoms with Crippen molar-refractivity contribution in [3.05, 3.63) is 24.2 Å². The average molecular weight is 265 g/mol. The lowest BCUT2D eigenvalue weighted by Crippen LogP contribution is -2.37. The molecule has 0 amide bonds. The van der Waals surface area contributed by atoms with Gasteiger partial charge in [-0.2, -0.15) is 13.2 Å². The fraction of sp³-hybridized carbons (Fsp3) is 0.667. The van der Waals surface area contributed by atoms with Crippen molar-refractivity contribution in [2.45, 2.75) is 32.0 Å². The normalized spacial score (nSPS) is 13.8. The van der Waals surface area contributed by atoms with Crippen LogP contribution in [0.25, 0.3) is 0 Å². The van der Waals surface area contributed by atoms with Crippen LogP contribution < -0.4 is 5.32 Å². The first kappa shape index (κ1) is 15.0. The van der Waals surface area contributed by atoms with Gasteiger partial charge in [-0.3, -0.25) is 0 Å². The highest BCUT2D eigenvalue weighted by Gasteiger charge is 2.28. The molecule has 0 fully saturated rings. The summed E-state index contributed by atoms with van der Waals surface area (Å²) in [5, 5.41) is 3.14. The fourth-order valence-electron chi connectivity index (χ4n) is 1.53. The van der Waals surface area contributed by atoms with Gasteiger partial charge in [0.2, 0.25) is 0 Å². The van der Waals surface area contributed by atoms with Crippen LogP contribution >= 0.6 is 0 Å². The minimum absolute atomic E-state index is 0.0141. The molecule has 1 aromatic heterocycles. The number of rotatable bonds is 8. The van der Waals surface area contributed by atoms with Crippen molar-refractivity contribution < 1.29 is 22.3 Å². The molecule has 1 N–H and O–H groups in total. The molecule has 1 heterocycles. The van der Waals surface area contributed by atoms with Crippen molar-refractivity contribution in [1.82, 2.24) is 5.32 Å². The predicted molar refractivity (Wildman–Crippen MR) is 61.4 cm³/mol. The van der Waals surface area contributed by atoms with E-state index in [-0.39, 0.29) is 12.6 Å². The number of hydrogen-bond donors (Lipinski definition) is 1. The Kier molecular flexibility index (Phi) is 6.21. The first-order valence-electron chi connectivity index (χ1n) is 5.91. The van der Waals surface area contributed by atoms with E-state index < -0.39 is 12.8 Å². The Balaban J connectivity index is 2.35. The molecule has 0 aliphatic rings. The third-order valence-corrected chi connectivity index (χ3v) is 2.30. The van der Waals surface area contributed by atoms with E-state index in [2.05, 4.69) is 10.1 Å². The summed E-state index contributed by atoms with van der Waals surface area (Å²) in [5.74, 6) is 0.735. The molecule has 1 aromatic rings. The summed E-state index contributed by atoms with van der Waals surface area (Å²) in [7, 11) is 0. The molecule has 0 saturated carbocycles. The lowest BCUT2D eigenvalue weighted by atomic mass is 10.2. The maximum absolute atomic E-state index is 12.0. The maximum atomic E-state index is 12.0. The number of hydrogen-bond acceptors (Lipinski definition) is 3. The van der Waals surface area contributed by atoms with E-state index in [9.17, 15) is 13.2 Å². The van der Waals surface area contributed by atoms with Gasteiger partial charge in [0.25, 0.3) is 0 Å². The van der Waals surface area contributed by atoms with E-state index in [1.54, 1.807) is 18.4 Å². The summed E-state index contributed by atoms with van der Waals surface area (Å²) < 4.78 is 45.8. The van der Waals surface area contributed by atoms with E-state index in [4.69, 9.17) is 4.42 Å². The van der Waals surface area contributed by atoms with Gasteiger partial charge in [0, 0.05) is 12.5 Å². The molecule has 0 aliphatic carbocycles. The Morgan fingerprint density at radius 1 is 1.44 bits per heavy atom. The van der Waals surface area contributed by atoms with Crippen LogP contribution in [0.3, 0.4) is 0 Å². The van der Waals surface area contributed by atoms with Gasteiger partial charge in [0.1, 0.15) is 12.4 Å². The SMILES string of the molecule is CCCNC(COCC(F)(F)F)Cc1ccco1. The van der Waals surface area contributed by atoms with E-state index >= 15 is 0 Å². The minimum atomic E-state index is -4.28. The van der Waals surface area contributed by atoms with Crippen LogP contribution in [0.1, 0.15) is 19.1 Å². The summed E-state index contributed by atoms with van der Waals surface area (Å²) in [6.45, 7) is 1.53. The van der Waals surface area contributed by atoms with Crippen LogP contribution in [0, 0.1) is 0 Å². The van der Waals surface area contributed by atoms with E-state index in [0.717, 1.165) is 18.7 Å². The molecule has 1 unspecified atom stereocenters. The highest BCUT2D eigenvalue weighted by atomic mass is 19.4. The third kappa shape index (κ3) is 6.66. The second kappa shape index (κ2) is 7.43. The lowest BCUT2D eigenvalue weighted by Gasteiger charge is -2.18. The molecule has 0 bridgehead atoms. The zero-order valence-corrected chi connectivity index (χ0v) is 10.3. The molecule has 1 rings (SSSR count). The van der Waals surface area contributed by atoms with E-state index in [1.165, 1.54) is 0 Å². The topological polar surface area (TPSA) is 34.4 Å². The van der Waals surface area contributed by atoms with Crippen LogP contribution in [-0.4, -0.2) is 32.0 Å². The van der Waals surface area contributed by atoms with E-state index in [0.29, 0.717) is 6.42 Å². The standard InChI is InChI=1S/C12H18F3NO2/c1-2-5-16-10(7-11-4-3-6-18-11)8-17-9-12(13,14)15/h3-4,6,10,16H,2,5,7-9H2,1H3. The minimum Gasteiger partial charge on any atom is -0.469 e. The van der Waals surface area contributed by atoms with Crippen LogP contribution in [0.5, 0.6) is 0 Å². The van der Waals surface area contributed by atoms with Crippen molar-refractivity contribution in [2.75, 3.05) is 19.8 Å². The van der Waals surface area contributed by atoms with Crippen molar-refractivity contribution in [1.29, 1.82) is 0 Å². The molecule has 1 atom stereocenters. The molecule has 6 heteroatoms. The number of nitrogens with one attached hydrogen (secondary N) is 1. The number of alkyl halides is 3. The molecular formula is C12H18F3NO2. The summed E-state index contributed by atoms with van der Waals surface area (Å²) in [4.78, 5) is 0. The molecule has 0 spiro atoms.